The highest BCUT2D eigenvalue weighted by Crippen LogP contribution is 2.38. The first-order valence-corrected chi connectivity index (χ1v) is 7.91. The Balaban J connectivity index is 2.38. The molecule has 124 valence electrons. The van der Waals surface area contributed by atoms with Crippen LogP contribution in [-0.4, -0.2) is 10.2 Å². The second kappa shape index (κ2) is 6.55. The van der Waals surface area contributed by atoms with E-state index in [0.29, 0.717) is 11.3 Å². The molecule has 23 heavy (non-hydrogen) atoms. The second-order valence-electron chi connectivity index (χ2n) is 4.10. The molecule has 0 radical (unpaired) electrons. The summed E-state index contributed by atoms with van der Waals surface area (Å²) >= 11 is 7.90. The largest absolute Gasteiger partial charge is 0.435 e. The summed E-state index contributed by atoms with van der Waals surface area (Å²) in [6, 6.07) is 4.00. The van der Waals surface area contributed by atoms with Crippen molar-refractivity contribution in [1.82, 2.24) is 4.98 Å². The molecule has 2 rings (SSSR count). The lowest BCUT2D eigenvalue weighted by Crippen LogP contribution is -2.07. The Morgan fingerprint density at radius 2 is 1.78 bits per heavy atom. The van der Waals surface area contributed by atoms with E-state index in [1.54, 1.807) is 0 Å². The molecular weight excluding hydrogens is 481 g/mol. The van der Waals surface area contributed by atoms with Gasteiger partial charge in [-0.1, -0.05) is 35.1 Å². The minimum atomic E-state index is -4.64. The van der Waals surface area contributed by atoms with Crippen molar-refractivity contribution in [1.29, 1.82) is 0 Å². The van der Waals surface area contributed by atoms with Crippen LogP contribution < -0.4 is 0 Å². The Bertz CT molecular complexity index is 753. The molecule has 1 aromatic carbocycles. The van der Waals surface area contributed by atoms with Crippen LogP contribution in [0.5, 0.6) is 0 Å². The third-order valence-corrected chi connectivity index (χ3v) is 4.68. The zero-order valence-corrected chi connectivity index (χ0v) is 14.4. The normalized spacial score (nSPS) is 13.5. The molecule has 1 aromatic heterocycles. The van der Waals surface area contributed by atoms with Crippen LogP contribution in [0.15, 0.2) is 29.3 Å². The van der Waals surface area contributed by atoms with Crippen molar-refractivity contribution in [3.63, 3.8) is 0 Å². The Morgan fingerprint density at radius 1 is 1.13 bits per heavy atom. The molecule has 0 fully saturated rings. The SMILES string of the molecule is FC(F)(F)c1cccc(C(Cl)=Nc2nc(C(F)(F)F)c(I)s2)c1. The second-order valence-corrected chi connectivity index (χ2v) is 7.24. The highest BCUT2D eigenvalue weighted by molar-refractivity contribution is 14.1. The van der Waals surface area contributed by atoms with Gasteiger partial charge in [0.2, 0.25) is 5.13 Å². The van der Waals surface area contributed by atoms with E-state index in [1.165, 1.54) is 28.7 Å². The van der Waals surface area contributed by atoms with Crippen molar-refractivity contribution in [3.8, 4) is 0 Å². The molecule has 2 nitrogen and oxygen atoms in total. The smallest absolute Gasteiger partial charge is 0.213 e. The van der Waals surface area contributed by atoms with E-state index >= 15 is 0 Å². The lowest BCUT2D eigenvalue weighted by Gasteiger charge is -2.07. The number of nitrogens with zero attached hydrogens (tertiary/aromatic N) is 2. The van der Waals surface area contributed by atoms with E-state index in [9.17, 15) is 26.3 Å². The van der Waals surface area contributed by atoms with Gasteiger partial charge in [-0.05, 0) is 34.7 Å². The van der Waals surface area contributed by atoms with Crippen LogP contribution in [0.4, 0.5) is 31.5 Å². The summed E-state index contributed by atoms with van der Waals surface area (Å²) in [7, 11) is 0. The maximum absolute atomic E-state index is 12.6. The third kappa shape index (κ3) is 4.57. The first-order chi connectivity index (χ1) is 10.5. The quantitative estimate of drug-likeness (QED) is 0.287. The molecule has 0 saturated carbocycles. The number of halogens is 8. The molecule has 0 atom stereocenters. The maximum atomic E-state index is 12.6. The fourth-order valence-corrected chi connectivity index (χ4v) is 3.44. The summed E-state index contributed by atoms with van der Waals surface area (Å²) in [6.45, 7) is 0. The topological polar surface area (TPSA) is 25.2 Å². The van der Waals surface area contributed by atoms with Gasteiger partial charge >= 0.3 is 12.4 Å². The van der Waals surface area contributed by atoms with Crippen LogP contribution in [0, 0.1) is 2.88 Å². The standard InChI is InChI=1S/C12H4ClF6IN2S/c13-8(5-2-1-3-6(4-5)11(14,15)16)22-10-21-7(9(20)23-10)12(17,18)19/h1-4H. The van der Waals surface area contributed by atoms with E-state index in [1.807, 2.05) is 0 Å². The van der Waals surface area contributed by atoms with Crippen LogP contribution in [-0.2, 0) is 12.4 Å². The number of thiazole rings is 1. The van der Waals surface area contributed by atoms with Crippen LogP contribution in [0.2, 0.25) is 0 Å². The first kappa shape index (κ1) is 18.5. The number of benzene rings is 1. The van der Waals surface area contributed by atoms with E-state index < -0.39 is 23.6 Å². The average molecular weight is 485 g/mol. The Hall–Kier alpha value is -0.880. The van der Waals surface area contributed by atoms with Gasteiger partial charge in [0.15, 0.2) is 5.69 Å². The zero-order chi connectivity index (χ0) is 17.4. The predicted molar refractivity (Wildman–Crippen MR) is 83.3 cm³/mol. The lowest BCUT2D eigenvalue weighted by molar-refractivity contribution is -0.141. The molecule has 0 aliphatic heterocycles. The van der Waals surface area contributed by atoms with E-state index in [4.69, 9.17) is 11.6 Å². The summed E-state index contributed by atoms with van der Waals surface area (Å²) in [6.07, 6.45) is -9.20. The highest BCUT2D eigenvalue weighted by atomic mass is 127. The van der Waals surface area contributed by atoms with Gasteiger partial charge in [0.25, 0.3) is 0 Å². The van der Waals surface area contributed by atoms with Gasteiger partial charge in [-0.25, -0.2) is 9.98 Å². The van der Waals surface area contributed by atoms with E-state index in [-0.39, 0.29) is 18.7 Å². The molecule has 0 saturated heterocycles. The average Bonchev–Trinajstić information content (AvgIpc) is 2.78. The molecule has 0 unspecified atom stereocenters. The van der Waals surface area contributed by atoms with Gasteiger partial charge in [0.1, 0.15) is 5.17 Å². The van der Waals surface area contributed by atoms with Crippen molar-refractivity contribution in [2.75, 3.05) is 0 Å². The van der Waals surface area contributed by atoms with Crippen molar-refractivity contribution in [2.45, 2.75) is 12.4 Å². The van der Waals surface area contributed by atoms with Crippen LogP contribution in [0.1, 0.15) is 16.8 Å². The molecule has 11 heteroatoms. The van der Waals surface area contributed by atoms with Gasteiger partial charge in [0.05, 0.1) is 8.45 Å². The number of aromatic nitrogens is 1. The zero-order valence-electron chi connectivity index (χ0n) is 10.6. The molecule has 0 spiro atoms. The lowest BCUT2D eigenvalue weighted by atomic mass is 10.1. The number of hydrogen-bond acceptors (Lipinski definition) is 3. The van der Waals surface area contributed by atoms with Crippen LogP contribution in [0.25, 0.3) is 0 Å². The monoisotopic (exact) mass is 484 g/mol. The van der Waals surface area contributed by atoms with E-state index in [2.05, 4.69) is 9.98 Å². The molecule has 0 aliphatic rings. The van der Waals surface area contributed by atoms with Crippen molar-refractivity contribution in [3.05, 3.63) is 44.0 Å². The maximum Gasteiger partial charge on any atom is 0.435 e. The van der Waals surface area contributed by atoms with Crippen LogP contribution >= 0.6 is 45.5 Å². The molecule has 0 amide bonds. The molecule has 1 heterocycles. The van der Waals surface area contributed by atoms with Gasteiger partial charge in [0, 0.05) is 5.56 Å². The highest BCUT2D eigenvalue weighted by Gasteiger charge is 2.37. The minimum Gasteiger partial charge on any atom is -0.213 e. The number of hydrogen-bond donors (Lipinski definition) is 0. The number of alkyl halides is 6. The third-order valence-electron chi connectivity index (χ3n) is 2.46. The van der Waals surface area contributed by atoms with Crippen LogP contribution in [0.3, 0.4) is 0 Å². The van der Waals surface area contributed by atoms with Crippen molar-refractivity contribution >= 4 is 55.8 Å². The number of rotatable bonds is 2. The minimum absolute atomic E-state index is 0.0692. The van der Waals surface area contributed by atoms with Gasteiger partial charge in [-0.3, -0.25) is 0 Å². The molecule has 0 N–H and O–H groups in total. The van der Waals surface area contributed by atoms with E-state index in [0.717, 1.165) is 18.2 Å². The van der Waals surface area contributed by atoms with Gasteiger partial charge < -0.3 is 0 Å². The van der Waals surface area contributed by atoms with Crippen molar-refractivity contribution < 1.29 is 26.3 Å². The molecule has 0 bridgehead atoms. The Labute approximate surface area is 148 Å². The first-order valence-electron chi connectivity index (χ1n) is 5.64. The molecule has 0 aliphatic carbocycles. The Morgan fingerprint density at radius 3 is 2.30 bits per heavy atom. The van der Waals surface area contributed by atoms with Gasteiger partial charge in [-0.15, -0.1) is 0 Å². The summed E-state index contributed by atoms with van der Waals surface area (Å²) < 4.78 is 75.7. The summed E-state index contributed by atoms with van der Waals surface area (Å²) in [5, 5.41) is -0.667. The molecular formula is C12H4ClF6IN2S. The van der Waals surface area contributed by atoms with Crippen molar-refractivity contribution in [2.24, 2.45) is 4.99 Å². The molecule has 2 aromatic rings. The number of aliphatic imine (C=N–C) groups is 1. The summed E-state index contributed by atoms with van der Waals surface area (Å²) in [5.74, 6) is 0. The fraction of sp³-hybridized carbons (Fsp3) is 0.167. The van der Waals surface area contributed by atoms with Gasteiger partial charge in [-0.2, -0.15) is 26.3 Å². The Kier molecular flexibility index (Phi) is 5.26. The fourth-order valence-electron chi connectivity index (χ4n) is 1.49. The predicted octanol–water partition coefficient (Wildman–Crippen LogP) is 6.10. The summed E-state index contributed by atoms with van der Waals surface area (Å²) in [5.41, 5.74) is -2.11. The summed E-state index contributed by atoms with van der Waals surface area (Å²) in [4.78, 5) is 6.97.